The van der Waals surface area contributed by atoms with Gasteiger partial charge in [-0.3, -0.25) is 4.68 Å². The standard InChI is InChI=1S/C12H17N5O3/c1-12(2,3)19-11(18)13-7-9-15-10(20-16-9)8-5-6-14-17(8)4/h5-6H,7H2,1-4H3,(H,13,18). The molecule has 0 atom stereocenters. The number of hydrogen-bond acceptors (Lipinski definition) is 6. The van der Waals surface area contributed by atoms with Gasteiger partial charge in [0.05, 0.1) is 6.54 Å². The first-order valence-electron chi connectivity index (χ1n) is 6.13. The summed E-state index contributed by atoms with van der Waals surface area (Å²) in [5, 5.41) is 10.4. The molecule has 0 aliphatic carbocycles. The van der Waals surface area contributed by atoms with Crippen molar-refractivity contribution in [3.63, 3.8) is 0 Å². The summed E-state index contributed by atoms with van der Waals surface area (Å²) in [6, 6.07) is 1.76. The van der Waals surface area contributed by atoms with Crippen molar-refractivity contribution in [2.24, 2.45) is 7.05 Å². The van der Waals surface area contributed by atoms with E-state index in [1.807, 2.05) is 0 Å². The van der Waals surface area contributed by atoms with E-state index in [1.54, 1.807) is 44.8 Å². The SMILES string of the molecule is Cn1nccc1-c1nc(CNC(=O)OC(C)(C)C)no1. The third-order valence-corrected chi connectivity index (χ3v) is 2.30. The summed E-state index contributed by atoms with van der Waals surface area (Å²) >= 11 is 0. The number of nitrogens with one attached hydrogen (secondary N) is 1. The second kappa shape index (κ2) is 5.32. The zero-order chi connectivity index (χ0) is 14.8. The van der Waals surface area contributed by atoms with Gasteiger partial charge < -0.3 is 14.6 Å². The average Bonchev–Trinajstić information content (AvgIpc) is 2.92. The van der Waals surface area contributed by atoms with Crippen LogP contribution in [0.2, 0.25) is 0 Å². The van der Waals surface area contributed by atoms with Gasteiger partial charge in [0.1, 0.15) is 11.3 Å². The molecule has 0 saturated carbocycles. The van der Waals surface area contributed by atoms with Crippen molar-refractivity contribution >= 4 is 6.09 Å². The van der Waals surface area contributed by atoms with Gasteiger partial charge in [0.2, 0.25) is 0 Å². The summed E-state index contributed by atoms with van der Waals surface area (Å²) in [6.07, 6.45) is 1.11. The van der Waals surface area contributed by atoms with Gasteiger partial charge in [-0.25, -0.2) is 4.79 Å². The molecule has 0 radical (unpaired) electrons. The number of amides is 1. The van der Waals surface area contributed by atoms with Crippen LogP contribution in [0.1, 0.15) is 26.6 Å². The van der Waals surface area contributed by atoms with E-state index in [2.05, 4.69) is 20.6 Å². The van der Waals surface area contributed by atoms with Gasteiger partial charge in [-0.1, -0.05) is 5.16 Å². The van der Waals surface area contributed by atoms with Crippen LogP contribution < -0.4 is 5.32 Å². The molecule has 2 aromatic rings. The minimum atomic E-state index is -0.540. The molecule has 0 aromatic carbocycles. The average molecular weight is 279 g/mol. The number of nitrogens with zero attached hydrogens (tertiary/aromatic N) is 4. The smallest absolute Gasteiger partial charge is 0.408 e. The summed E-state index contributed by atoms with van der Waals surface area (Å²) < 4.78 is 11.8. The van der Waals surface area contributed by atoms with Crippen LogP contribution in [0.15, 0.2) is 16.8 Å². The number of carbonyl (C=O) groups is 1. The summed E-state index contributed by atoms with van der Waals surface area (Å²) in [7, 11) is 1.78. The monoisotopic (exact) mass is 279 g/mol. The Bertz CT molecular complexity index is 596. The first-order chi connectivity index (χ1) is 9.35. The van der Waals surface area contributed by atoms with Crippen LogP contribution in [-0.4, -0.2) is 31.6 Å². The Balaban J connectivity index is 1.94. The van der Waals surface area contributed by atoms with Crippen LogP contribution in [0.25, 0.3) is 11.6 Å². The lowest BCUT2D eigenvalue weighted by molar-refractivity contribution is 0.0522. The number of aromatic nitrogens is 4. The fourth-order valence-electron chi connectivity index (χ4n) is 1.48. The van der Waals surface area contributed by atoms with Crippen molar-refractivity contribution in [2.75, 3.05) is 0 Å². The second-order valence-corrected chi connectivity index (χ2v) is 5.21. The predicted molar refractivity (Wildman–Crippen MR) is 69.6 cm³/mol. The van der Waals surface area contributed by atoms with Crippen molar-refractivity contribution in [3.05, 3.63) is 18.1 Å². The number of hydrogen-bond donors (Lipinski definition) is 1. The molecule has 0 bridgehead atoms. The van der Waals surface area contributed by atoms with E-state index < -0.39 is 11.7 Å². The van der Waals surface area contributed by atoms with E-state index >= 15 is 0 Å². The number of aryl methyl sites for hydroxylation is 1. The summed E-state index contributed by atoms with van der Waals surface area (Å²) in [6.45, 7) is 5.51. The zero-order valence-corrected chi connectivity index (χ0v) is 11.9. The van der Waals surface area contributed by atoms with E-state index in [-0.39, 0.29) is 6.54 Å². The second-order valence-electron chi connectivity index (χ2n) is 5.21. The molecule has 108 valence electrons. The molecule has 0 aliphatic rings. The molecule has 2 rings (SSSR count). The summed E-state index contributed by atoms with van der Waals surface area (Å²) in [4.78, 5) is 15.7. The molecule has 20 heavy (non-hydrogen) atoms. The molecule has 2 heterocycles. The lowest BCUT2D eigenvalue weighted by atomic mass is 10.2. The first kappa shape index (κ1) is 14.0. The molecule has 0 fully saturated rings. The summed E-state index contributed by atoms with van der Waals surface area (Å²) in [5.74, 6) is 0.720. The Labute approximate surface area is 116 Å². The first-order valence-corrected chi connectivity index (χ1v) is 6.13. The van der Waals surface area contributed by atoms with E-state index in [0.29, 0.717) is 17.4 Å². The Morgan fingerprint density at radius 1 is 1.50 bits per heavy atom. The van der Waals surface area contributed by atoms with Gasteiger partial charge in [0, 0.05) is 13.2 Å². The van der Waals surface area contributed by atoms with Gasteiger partial charge in [-0.15, -0.1) is 0 Å². The van der Waals surface area contributed by atoms with Crippen molar-refractivity contribution < 1.29 is 14.1 Å². The van der Waals surface area contributed by atoms with Gasteiger partial charge in [0.25, 0.3) is 5.89 Å². The van der Waals surface area contributed by atoms with E-state index in [1.165, 1.54) is 0 Å². The number of alkyl carbamates (subject to hydrolysis) is 1. The third kappa shape index (κ3) is 3.56. The van der Waals surface area contributed by atoms with Crippen LogP contribution in [0.3, 0.4) is 0 Å². The van der Waals surface area contributed by atoms with Crippen LogP contribution in [0, 0.1) is 0 Å². The van der Waals surface area contributed by atoms with Crippen molar-refractivity contribution in [3.8, 4) is 11.6 Å². The van der Waals surface area contributed by atoms with Crippen molar-refractivity contribution in [1.29, 1.82) is 0 Å². The largest absolute Gasteiger partial charge is 0.444 e. The van der Waals surface area contributed by atoms with E-state index in [0.717, 1.165) is 0 Å². The van der Waals surface area contributed by atoms with Crippen molar-refractivity contribution in [1.82, 2.24) is 25.2 Å². The number of carbonyl (C=O) groups excluding carboxylic acids is 1. The van der Waals surface area contributed by atoms with E-state index in [9.17, 15) is 4.79 Å². The third-order valence-electron chi connectivity index (χ3n) is 2.30. The molecule has 2 aromatic heterocycles. The minimum Gasteiger partial charge on any atom is -0.444 e. The maximum Gasteiger partial charge on any atom is 0.408 e. The summed E-state index contributed by atoms with van der Waals surface area (Å²) in [5.41, 5.74) is 0.169. The molecule has 0 spiro atoms. The molecule has 0 aliphatic heterocycles. The highest BCUT2D eigenvalue weighted by molar-refractivity contribution is 5.67. The quantitative estimate of drug-likeness (QED) is 0.914. The maximum atomic E-state index is 11.5. The van der Waals surface area contributed by atoms with Crippen LogP contribution in [0.4, 0.5) is 4.79 Å². The van der Waals surface area contributed by atoms with Crippen LogP contribution in [0.5, 0.6) is 0 Å². The van der Waals surface area contributed by atoms with Gasteiger partial charge in [-0.2, -0.15) is 10.1 Å². The Hall–Kier alpha value is -2.38. The van der Waals surface area contributed by atoms with Gasteiger partial charge >= 0.3 is 6.09 Å². The molecule has 1 amide bonds. The topological polar surface area (TPSA) is 95.1 Å². The molecule has 1 N–H and O–H groups in total. The highest BCUT2D eigenvalue weighted by atomic mass is 16.6. The number of ether oxygens (including phenoxy) is 1. The lowest BCUT2D eigenvalue weighted by Gasteiger charge is -2.19. The molecule has 8 heteroatoms. The minimum absolute atomic E-state index is 0.135. The van der Waals surface area contributed by atoms with Gasteiger partial charge in [-0.05, 0) is 26.8 Å². The van der Waals surface area contributed by atoms with E-state index in [4.69, 9.17) is 9.26 Å². The zero-order valence-electron chi connectivity index (χ0n) is 11.9. The van der Waals surface area contributed by atoms with Gasteiger partial charge in [0.15, 0.2) is 5.82 Å². The number of rotatable bonds is 3. The Morgan fingerprint density at radius 3 is 2.85 bits per heavy atom. The maximum absolute atomic E-state index is 11.5. The molecular formula is C12H17N5O3. The van der Waals surface area contributed by atoms with Crippen LogP contribution >= 0.6 is 0 Å². The normalized spacial score (nSPS) is 11.4. The molecular weight excluding hydrogens is 262 g/mol. The highest BCUT2D eigenvalue weighted by Gasteiger charge is 2.17. The van der Waals surface area contributed by atoms with Crippen molar-refractivity contribution in [2.45, 2.75) is 32.9 Å². The highest BCUT2D eigenvalue weighted by Crippen LogP contribution is 2.15. The Kier molecular flexibility index (Phi) is 3.73. The lowest BCUT2D eigenvalue weighted by Crippen LogP contribution is -2.32. The molecule has 0 unspecified atom stereocenters. The fourth-order valence-corrected chi connectivity index (χ4v) is 1.48. The Morgan fingerprint density at radius 2 is 2.25 bits per heavy atom. The fraction of sp³-hybridized carbons (Fsp3) is 0.500. The van der Waals surface area contributed by atoms with Crippen LogP contribution in [-0.2, 0) is 18.3 Å². The molecule has 8 nitrogen and oxygen atoms in total. The molecule has 0 saturated heterocycles. The predicted octanol–water partition coefficient (Wildman–Crippen LogP) is 1.49.